The van der Waals surface area contributed by atoms with Crippen molar-refractivity contribution in [3.05, 3.63) is 29.8 Å². The normalized spacial score (nSPS) is 17.1. The molecule has 1 heterocycles. The smallest absolute Gasteiger partial charge is 0.166 e. The van der Waals surface area contributed by atoms with Gasteiger partial charge in [0.1, 0.15) is 0 Å². The van der Waals surface area contributed by atoms with Crippen molar-refractivity contribution in [2.45, 2.75) is 25.9 Å². The number of benzene rings is 1. The number of hydrogen-bond acceptors (Lipinski definition) is 3. The summed E-state index contributed by atoms with van der Waals surface area (Å²) in [7, 11) is 0. The van der Waals surface area contributed by atoms with E-state index in [9.17, 15) is 9.90 Å². The summed E-state index contributed by atoms with van der Waals surface area (Å²) in [6.45, 7) is 3.37. The average molecular weight is 219 g/mol. The van der Waals surface area contributed by atoms with Gasteiger partial charge in [-0.25, -0.2) is 0 Å². The second-order valence-electron chi connectivity index (χ2n) is 4.32. The maximum atomic E-state index is 11.7. The second kappa shape index (κ2) is 4.66. The first-order valence-electron chi connectivity index (χ1n) is 5.73. The molecule has 1 atom stereocenters. The summed E-state index contributed by atoms with van der Waals surface area (Å²) in [5, 5.41) is 9.29. The standard InChI is InChI=1S/C13H17NO2/c1-10(15)6-8-14-9-7-13(16)11-4-2-3-5-12(11)14/h2-5,10,15H,6-9H2,1H3. The number of carbonyl (C=O) groups is 1. The molecule has 1 aliphatic heterocycles. The summed E-state index contributed by atoms with van der Waals surface area (Å²) >= 11 is 0. The largest absolute Gasteiger partial charge is 0.393 e. The van der Waals surface area contributed by atoms with Crippen LogP contribution in [0.1, 0.15) is 30.1 Å². The van der Waals surface area contributed by atoms with Crippen molar-refractivity contribution in [3.8, 4) is 0 Å². The van der Waals surface area contributed by atoms with Crippen LogP contribution < -0.4 is 4.90 Å². The number of hydrogen-bond donors (Lipinski definition) is 1. The molecule has 2 rings (SSSR count). The maximum absolute atomic E-state index is 11.7. The molecule has 1 aromatic carbocycles. The Balaban J connectivity index is 2.18. The third-order valence-corrected chi connectivity index (χ3v) is 2.97. The number of anilines is 1. The highest BCUT2D eigenvalue weighted by Crippen LogP contribution is 2.26. The zero-order chi connectivity index (χ0) is 11.5. The van der Waals surface area contributed by atoms with Crippen LogP contribution in [0.25, 0.3) is 0 Å². The van der Waals surface area contributed by atoms with Crippen LogP contribution in [0.5, 0.6) is 0 Å². The van der Waals surface area contributed by atoms with Gasteiger partial charge >= 0.3 is 0 Å². The van der Waals surface area contributed by atoms with Crippen LogP contribution in [-0.4, -0.2) is 30.1 Å². The van der Waals surface area contributed by atoms with Gasteiger partial charge in [0.15, 0.2) is 5.78 Å². The predicted molar refractivity (Wildman–Crippen MR) is 63.9 cm³/mol. The first-order valence-corrected chi connectivity index (χ1v) is 5.73. The topological polar surface area (TPSA) is 40.5 Å². The Morgan fingerprint density at radius 3 is 2.94 bits per heavy atom. The second-order valence-corrected chi connectivity index (χ2v) is 4.32. The highest BCUT2D eigenvalue weighted by atomic mass is 16.3. The number of ketones is 1. The molecular formula is C13H17NO2. The Labute approximate surface area is 95.7 Å². The third-order valence-electron chi connectivity index (χ3n) is 2.97. The lowest BCUT2D eigenvalue weighted by atomic mass is 10.00. The fourth-order valence-corrected chi connectivity index (χ4v) is 2.05. The Hall–Kier alpha value is -1.35. The zero-order valence-electron chi connectivity index (χ0n) is 9.52. The van der Waals surface area contributed by atoms with Gasteiger partial charge in [-0.3, -0.25) is 4.79 Å². The van der Waals surface area contributed by atoms with Gasteiger partial charge in [-0.1, -0.05) is 12.1 Å². The van der Waals surface area contributed by atoms with Crippen LogP contribution >= 0.6 is 0 Å². The van der Waals surface area contributed by atoms with Crippen molar-refractivity contribution >= 4 is 11.5 Å². The Bertz CT molecular complexity index is 387. The van der Waals surface area contributed by atoms with Gasteiger partial charge in [-0.2, -0.15) is 0 Å². The Kier molecular flexibility index (Phi) is 3.25. The summed E-state index contributed by atoms with van der Waals surface area (Å²) in [5.74, 6) is 0.226. The van der Waals surface area contributed by atoms with Crippen LogP contribution in [0, 0.1) is 0 Å². The average Bonchev–Trinajstić information content (AvgIpc) is 2.28. The summed E-state index contributed by atoms with van der Waals surface area (Å²) in [4.78, 5) is 13.9. The molecule has 1 N–H and O–H groups in total. The highest BCUT2D eigenvalue weighted by Gasteiger charge is 2.22. The zero-order valence-corrected chi connectivity index (χ0v) is 9.52. The number of Topliss-reactive ketones (excluding diaryl/α,β-unsaturated/α-hetero) is 1. The minimum atomic E-state index is -0.287. The van der Waals surface area contributed by atoms with Gasteiger partial charge in [-0.05, 0) is 25.5 Å². The van der Waals surface area contributed by atoms with Gasteiger partial charge in [0.25, 0.3) is 0 Å². The van der Waals surface area contributed by atoms with Gasteiger partial charge < -0.3 is 10.0 Å². The molecule has 0 saturated heterocycles. The van der Waals surface area contributed by atoms with Gasteiger partial charge in [-0.15, -0.1) is 0 Å². The molecule has 0 amide bonds. The molecule has 0 aromatic heterocycles. The number of aliphatic hydroxyl groups excluding tert-OH is 1. The van der Waals surface area contributed by atoms with Crippen molar-refractivity contribution in [1.29, 1.82) is 0 Å². The van der Waals surface area contributed by atoms with Crippen LogP contribution in [0.15, 0.2) is 24.3 Å². The van der Waals surface area contributed by atoms with E-state index in [2.05, 4.69) is 4.90 Å². The van der Waals surface area contributed by atoms with E-state index in [-0.39, 0.29) is 11.9 Å². The first-order chi connectivity index (χ1) is 7.68. The van der Waals surface area contributed by atoms with Crippen LogP contribution in [0.4, 0.5) is 5.69 Å². The first kappa shape index (κ1) is 11.1. The highest BCUT2D eigenvalue weighted by molar-refractivity contribution is 6.03. The summed E-state index contributed by atoms with van der Waals surface area (Å²) in [6, 6.07) is 7.71. The number of carbonyl (C=O) groups excluding carboxylic acids is 1. The lowest BCUT2D eigenvalue weighted by Crippen LogP contribution is -2.34. The maximum Gasteiger partial charge on any atom is 0.166 e. The summed E-state index contributed by atoms with van der Waals surface area (Å²) in [5.41, 5.74) is 1.83. The molecule has 3 nitrogen and oxygen atoms in total. The van der Waals surface area contributed by atoms with Crippen molar-refractivity contribution < 1.29 is 9.90 Å². The third kappa shape index (κ3) is 2.25. The number of nitrogens with zero attached hydrogens (tertiary/aromatic N) is 1. The van der Waals surface area contributed by atoms with Gasteiger partial charge in [0, 0.05) is 30.8 Å². The fraction of sp³-hybridized carbons (Fsp3) is 0.462. The number of aliphatic hydroxyl groups is 1. The molecule has 3 heteroatoms. The molecule has 16 heavy (non-hydrogen) atoms. The minimum absolute atomic E-state index is 0.226. The molecule has 0 saturated carbocycles. The van der Waals surface area contributed by atoms with Crippen molar-refractivity contribution in [2.75, 3.05) is 18.0 Å². The van der Waals surface area contributed by atoms with Crippen molar-refractivity contribution in [3.63, 3.8) is 0 Å². The van der Waals surface area contributed by atoms with Crippen LogP contribution in [0.2, 0.25) is 0 Å². The molecule has 0 radical (unpaired) electrons. The van der Waals surface area contributed by atoms with E-state index in [4.69, 9.17) is 0 Å². The SMILES string of the molecule is CC(O)CCN1CCC(=O)c2ccccc21. The van der Waals surface area contributed by atoms with E-state index in [0.29, 0.717) is 6.42 Å². The van der Waals surface area contributed by atoms with Gasteiger partial charge in [0.05, 0.1) is 6.10 Å². The van der Waals surface area contributed by atoms with E-state index in [1.807, 2.05) is 24.3 Å². The summed E-state index contributed by atoms with van der Waals surface area (Å²) < 4.78 is 0. The lowest BCUT2D eigenvalue weighted by molar-refractivity contribution is 0.0979. The lowest BCUT2D eigenvalue weighted by Gasteiger charge is -2.30. The monoisotopic (exact) mass is 219 g/mol. The molecule has 86 valence electrons. The quantitative estimate of drug-likeness (QED) is 0.843. The number of para-hydroxylation sites is 1. The Morgan fingerprint density at radius 2 is 2.19 bits per heavy atom. The van der Waals surface area contributed by atoms with Crippen molar-refractivity contribution in [1.82, 2.24) is 0 Å². The minimum Gasteiger partial charge on any atom is -0.393 e. The molecule has 0 bridgehead atoms. The van der Waals surface area contributed by atoms with E-state index in [1.165, 1.54) is 0 Å². The molecule has 1 aromatic rings. The summed E-state index contributed by atoms with van der Waals surface area (Å²) in [6.07, 6.45) is 1.03. The molecule has 0 fully saturated rings. The van der Waals surface area contributed by atoms with E-state index >= 15 is 0 Å². The van der Waals surface area contributed by atoms with Gasteiger partial charge in [0.2, 0.25) is 0 Å². The number of rotatable bonds is 3. The molecular weight excluding hydrogens is 202 g/mol. The molecule has 0 aliphatic carbocycles. The number of fused-ring (bicyclic) bond motifs is 1. The van der Waals surface area contributed by atoms with E-state index in [1.54, 1.807) is 6.92 Å². The molecule has 0 spiro atoms. The van der Waals surface area contributed by atoms with Crippen LogP contribution in [0.3, 0.4) is 0 Å². The van der Waals surface area contributed by atoms with Crippen LogP contribution in [-0.2, 0) is 0 Å². The molecule has 1 unspecified atom stereocenters. The predicted octanol–water partition coefficient (Wildman–Crippen LogP) is 1.85. The molecule has 1 aliphatic rings. The van der Waals surface area contributed by atoms with Crippen molar-refractivity contribution in [2.24, 2.45) is 0 Å². The Morgan fingerprint density at radius 1 is 1.44 bits per heavy atom. The van der Waals surface area contributed by atoms with E-state index < -0.39 is 0 Å². The van der Waals surface area contributed by atoms with E-state index in [0.717, 1.165) is 30.8 Å². The fourth-order valence-electron chi connectivity index (χ4n) is 2.05.